The average Bonchev–Trinajstić information content (AvgIpc) is 2.63. The topological polar surface area (TPSA) is 102 Å². The minimum absolute atomic E-state index is 0.110. The number of carbonyl (C=O) groups is 1. The Bertz CT molecular complexity index is 962. The van der Waals surface area contributed by atoms with Gasteiger partial charge in [-0.1, -0.05) is 17.7 Å². The Labute approximate surface area is 181 Å². The molecule has 2 heterocycles. The lowest BCUT2D eigenvalue weighted by Crippen LogP contribution is -2.45. The van der Waals surface area contributed by atoms with Gasteiger partial charge in [0.15, 0.2) is 0 Å². The van der Waals surface area contributed by atoms with Crippen LogP contribution in [0.4, 0.5) is 10.6 Å². The zero-order chi connectivity index (χ0) is 21.9. The van der Waals surface area contributed by atoms with E-state index in [0.717, 1.165) is 31.5 Å². The predicted octanol–water partition coefficient (Wildman–Crippen LogP) is 2.96. The number of nitrogen functional groups attached to an aromatic ring is 1. The fourth-order valence-corrected chi connectivity index (χ4v) is 3.61. The van der Waals surface area contributed by atoms with E-state index in [1.165, 1.54) is 4.57 Å². The highest BCUT2D eigenvalue weighted by Crippen LogP contribution is 2.23. The lowest BCUT2D eigenvalue weighted by atomic mass is 10.0. The van der Waals surface area contributed by atoms with Crippen molar-refractivity contribution in [2.24, 2.45) is 0 Å². The van der Waals surface area contributed by atoms with Crippen molar-refractivity contribution >= 4 is 23.5 Å². The van der Waals surface area contributed by atoms with Crippen molar-refractivity contribution in [3.05, 3.63) is 51.5 Å². The number of likely N-dealkylation sites (tertiary alicyclic amines) is 1. The van der Waals surface area contributed by atoms with Crippen LogP contribution in [0.2, 0.25) is 5.02 Å². The number of ether oxygens (including phenoxy) is 1. The molecule has 3 rings (SSSR count). The van der Waals surface area contributed by atoms with E-state index < -0.39 is 11.3 Å². The van der Waals surface area contributed by atoms with Crippen LogP contribution in [0, 0.1) is 0 Å². The number of piperidine rings is 1. The number of alkyl carbamates (subject to hydrolysis) is 1. The largest absolute Gasteiger partial charge is 0.444 e. The Morgan fingerprint density at radius 3 is 2.60 bits per heavy atom. The smallest absolute Gasteiger partial charge is 0.407 e. The zero-order valence-corrected chi connectivity index (χ0v) is 18.3. The van der Waals surface area contributed by atoms with Crippen molar-refractivity contribution in [3.8, 4) is 5.69 Å². The number of nitrogens with one attached hydrogen (secondary N) is 1. The van der Waals surface area contributed by atoms with E-state index in [1.54, 1.807) is 18.3 Å². The van der Waals surface area contributed by atoms with Crippen LogP contribution < -0.4 is 16.7 Å². The van der Waals surface area contributed by atoms with Gasteiger partial charge in [0, 0.05) is 36.9 Å². The molecule has 1 fully saturated rings. The second-order valence-corrected chi connectivity index (χ2v) is 8.88. The number of nitrogens with two attached hydrogens (primary N) is 1. The van der Waals surface area contributed by atoms with Gasteiger partial charge in [-0.15, -0.1) is 0 Å². The number of hydrogen-bond acceptors (Lipinski definition) is 6. The highest BCUT2D eigenvalue weighted by atomic mass is 35.5. The van der Waals surface area contributed by atoms with E-state index in [9.17, 15) is 9.59 Å². The van der Waals surface area contributed by atoms with Gasteiger partial charge in [0.05, 0.1) is 5.69 Å². The Morgan fingerprint density at radius 2 is 2.00 bits per heavy atom. The van der Waals surface area contributed by atoms with Gasteiger partial charge in [-0.2, -0.15) is 4.98 Å². The van der Waals surface area contributed by atoms with E-state index in [2.05, 4.69) is 15.2 Å². The third kappa shape index (κ3) is 5.96. The van der Waals surface area contributed by atoms with Crippen LogP contribution in [-0.2, 0) is 11.3 Å². The Kier molecular flexibility index (Phi) is 6.67. The number of halogens is 1. The van der Waals surface area contributed by atoms with E-state index in [-0.39, 0.29) is 18.0 Å². The first kappa shape index (κ1) is 22.1. The van der Waals surface area contributed by atoms with Gasteiger partial charge >= 0.3 is 11.8 Å². The minimum Gasteiger partial charge on any atom is -0.444 e. The van der Waals surface area contributed by atoms with Gasteiger partial charge < -0.3 is 15.8 Å². The van der Waals surface area contributed by atoms with E-state index in [1.807, 2.05) is 32.9 Å². The molecule has 162 valence electrons. The molecule has 0 unspecified atom stereocenters. The monoisotopic (exact) mass is 433 g/mol. The molecule has 9 heteroatoms. The van der Waals surface area contributed by atoms with Crippen molar-refractivity contribution in [2.45, 2.75) is 51.8 Å². The van der Waals surface area contributed by atoms with Crippen LogP contribution >= 0.6 is 11.6 Å². The van der Waals surface area contributed by atoms with Gasteiger partial charge in [-0.05, 0) is 57.4 Å². The molecule has 3 N–H and O–H groups in total. The first-order valence-electron chi connectivity index (χ1n) is 9.96. The molecular weight excluding hydrogens is 406 g/mol. The normalized spacial score (nSPS) is 15.7. The van der Waals surface area contributed by atoms with E-state index in [4.69, 9.17) is 22.1 Å². The molecule has 0 saturated carbocycles. The van der Waals surface area contributed by atoms with Crippen LogP contribution in [0.15, 0.2) is 35.3 Å². The zero-order valence-electron chi connectivity index (χ0n) is 17.5. The van der Waals surface area contributed by atoms with E-state index in [0.29, 0.717) is 17.3 Å². The highest BCUT2D eigenvalue weighted by molar-refractivity contribution is 6.31. The number of nitrogens with zero attached hydrogens (tertiary/aromatic N) is 3. The number of amides is 1. The standard InChI is InChI=1S/C21H28ClN5O3/c1-21(2,3)30-20(29)24-15-6-9-26(10-7-15)13-14-4-5-16(12-17(14)22)27-11-8-18(23)25-19(27)28/h4-5,8,11-12,15H,6-7,9-10,13H2,1-3H3,(H,24,29)(H2,23,25,28). The number of anilines is 1. The second kappa shape index (κ2) is 9.06. The Morgan fingerprint density at radius 1 is 1.30 bits per heavy atom. The summed E-state index contributed by atoms with van der Waals surface area (Å²) >= 11 is 6.48. The third-order valence-electron chi connectivity index (χ3n) is 4.84. The molecule has 8 nitrogen and oxygen atoms in total. The Hall–Kier alpha value is -2.58. The molecular formula is C21H28ClN5O3. The molecule has 1 aromatic heterocycles. The summed E-state index contributed by atoms with van der Waals surface area (Å²) in [6.45, 7) is 7.95. The van der Waals surface area contributed by atoms with Gasteiger partial charge in [0.25, 0.3) is 0 Å². The van der Waals surface area contributed by atoms with Crippen LogP contribution in [0.1, 0.15) is 39.2 Å². The fourth-order valence-electron chi connectivity index (χ4n) is 3.38. The van der Waals surface area contributed by atoms with Crippen molar-refractivity contribution in [1.82, 2.24) is 19.8 Å². The average molecular weight is 434 g/mol. The first-order chi connectivity index (χ1) is 14.1. The molecule has 1 saturated heterocycles. The lowest BCUT2D eigenvalue weighted by Gasteiger charge is -2.33. The molecule has 0 aliphatic carbocycles. The predicted molar refractivity (Wildman–Crippen MR) is 117 cm³/mol. The number of rotatable bonds is 4. The summed E-state index contributed by atoms with van der Waals surface area (Å²) in [5.74, 6) is 0.184. The summed E-state index contributed by atoms with van der Waals surface area (Å²) < 4.78 is 6.73. The molecule has 0 spiro atoms. The quantitative estimate of drug-likeness (QED) is 0.768. The Balaban J connectivity index is 1.56. The summed E-state index contributed by atoms with van der Waals surface area (Å²) in [7, 11) is 0. The van der Waals surface area contributed by atoms with Crippen LogP contribution in [-0.4, -0.2) is 45.3 Å². The molecule has 0 bridgehead atoms. The number of hydrogen-bond donors (Lipinski definition) is 2. The highest BCUT2D eigenvalue weighted by Gasteiger charge is 2.24. The van der Waals surface area contributed by atoms with E-state index >= 15 is 0 Å². The fraction of sp³-hybridized carbons (Fsp3) is 0.476. The summed E-state index contributed by atoms with van der Waals surface area (Å²) in [4.78, 5) is 30.0. The molecule has 1 aliphatic rings. The first-order valence-corrected chi connectivity index (χ1v) is 10.3. The number of carbonyl (C=O) groups excluding carboxylic acids is 1. The maximum absolute atomic E-state index is 12.0. The molecule has 0 atom stereocenters. The van der Waals surface area contributed by atoms with Crippen molar-refractivity contribution in [3.63, 3.8) is 0 Å². The summed E-state index contributed by atoms with van der Waals surface area (Å²) in [5, 5.41) is 3.53. The lowest BCUT2D eigenvalue weighted by molar-refractivity contribution is 0.0477. The van der Waals surface area contributed by atoms with Gasteiger partial charge in [-0.3, -0.25) is 9.47 Å². The van der Waals surface area contributed by atoms with Crippen molar-refractivity contribution in [1.29, 1.82) is 0 Å². The SMILES string of the molecule is CC(C)(C)OC(=O)NC1CCN(Cc2ccc(-n3ccc(N)nc3=O)cc2Cl)CC1. The number of benzene rings is 1. The van der Waals surface area contributed by atoms with Crippen molar-refractivity contribution in [2.75, 3.05) is 18.8 Å². The maximum Gasteiger partial charge on any atom is 0.407 e. The van der Waals surface area contributed by atoms with Gasteiger partial charge in [-0.25, -0.2) is 9.59 Å². The molecule has 1 amide bonds. The summed E-state index contributed by atoms with van der Waals surface area (Å²) in [5.41, 5.74) is 6.22. The minimum atomic E-state index is -0.499. The van der Waals surface area contributed by atoms with Gasteiger partial charge in [0.2, 0.25) is 0 Å². The summed E-state index contributed by atoms with van der Waals surface area (Å²) in [6.07, 6.45) is 2.91. The van der Waals surface area contributed by atoms with Crippen LogP contribution in [0.3, 0.4) is 0 Å². The van der Waals surface area contributed by atoms with Gasteiger partial charge in [0.1, 0.15) is 11.4 Å². The molecule has 1 aliphatic heterocycles. The number of aromatic nitrogens is 2. The third-order valence-corrected chi connectivity index (χ3v) is 5.19. The van der Waals surface area contributed by atoms with Crippen molar-refractivity contribution < 1.29 is 9.53 Å². The molecule has 30 heavy (non-hydrogen) atoms. The maximum atomic E-state index is 12.0. The van der Waals surface area contributed by atoms with Crippen LogP contribution in [0.25, 0.3) is 5.69 Å². The molecule has 2 aromatic rings. The second-order valence-electron chi connectivity index (χ2n) is 8.48. The van der Waals surface area contributed by atoms with Crippen LogP contribution in [0.5, 0.6) is 0 Å². The summed E-state index contributed by atoms with van der Waals surface area (Å²) in [6, 6.07) is 7.20. The molecule has 1 aromatic carbocycles. The molecule has 0 radical (unpaired) electrons.